The molecule has 1 atom stereocenters. The van der Waals surface area contributed by atoms with E-state index in [1.807, 2.05) is 0 Å². The van der Waals surface area contributed by atoms with Crippen molar-refractivity contribution in [2.75, 3.05) is 37.4 Å². The van der Waals surface area contributed by atoms with Gasteiger partial charge in [0.05, 0.1) is 7.11 Å². The molecule has 0 bridgehead atoms. The summed E-state index contributed by atoms with van der Waals surface area (Å²) in [5.74, 6) is 1.89. The van der Waals surface area contributed by atoms with Gasteiger partial charge in [0.25, 0.3) is 0 Å². The summed E-state index contributed by atoms with van der Waals surface area (Å²) in [7, 11) is 1.56. The Kier molecular flexibility index (Phi) is 3.63. The number of ether oxygens (including phenoxy) is 1. The summed E-state index contributed by atoms with van der Waals surface area (Å²) in [4.78, 5) is 10.2. The predicted octanol–water partition coefficient (Wildman–Crippen LogP) is 0.276. The standard InChI is InChI=1S/C11H18N4O2/c1-17-9-10(12)13-7-14-11(9)15-4-2-3-8(5-15)6-16/h7-8,16H,2-6H2,1H3,(H2,12,13,14). The van der Waals surface area contributed by atoms with Gasteiger partial charge in [-0.25, -0.2) is 9.97 Å². The Morgan fingerprint density at radius 2 is 2.41 bits per heavy atom. The highest BCUT2D eigenvalue weighted by Gasteiger charge is 2.23. The number of hydrogen-bond donors (Lipinski definition) is 2. The lowest BCUT2D eigenvalue weighted by Crippen LogP contribution is -2.37. The highest BCUT2D eigenvalue weighted by Crippen LogP contribution is 2.32. The van der Waals surface area contributed by atoms with E-state index >= 15 is 0 Å². The van der Waals surface area contributed by atoms with Gasteiger partial charge in [0.1, 0.15) is 6.33 Å². The zero-order valence-electron chi connectivity index (χ0n) is 9.96. The molecule has 1 aliphatic heterocycles. The van der Waals surface area contributed by atoms with Crippen LogP contribution >= 0.6 is 0 Å². The van der Waals surface area contributed by atoms with Gasteiger partial charge in [0, 0.05) is 19.7 Å². The maximum atomic E-state index is 9.22. The van der Waals surface area contributed by atoms with Gasteiger partial charge in [-0.1, -0.05) is 0 Å². The van der Waals surface area contributed by atoms with E-state index in [4.69, 9.17) is 10.5 Å². The normalized spacial score (nSPS) is 20.4. The molecule has 1 unspecified atom stereocenters. The molecule has 6 nitrogen and oxygen atoms in total. The van der Waals surface area contributed by atoms with Crippen LogP contribution in [0, 0.1) is 5.92 Å². The molecule has 1 fully saturated rings. The van der Waals surface area contributed by atoms with Crippen LogP contribution in [0.1, 0.15) is 12.8 Å². The summed E-state index contributed by atoms with van der Waals surface area (Å²) in [6.07, 6.45) is 3.53. The Hall–Kier alpha value is -1.56. The highest BCUT2D eigenvalue weighted by molar-refractivity contribution is 5.62. The van der Waals surface area contributed by atoms with Crippen LogP contribution in [0.3, 0.4) is 0 Å². The van der Waals surface area contributed by atoms with Gasteiger partial charge in [-0.15, -0.1) is 0 Å². The van der Waals surface area contributed by atoms with Crippen molar-refractivity contribution in [3.63, 3.8) is 0 Å². The second kappa shape index (κ2) is 5.18. The van der Waals surface area contributed by atoms with E-state index in [2.05, 4.69) is 14.9 Å². The van der Waals surface area contributed by atoms with Crippen LogP contribution in [0.2, 0.25) is 0 Å². The van der Waals surface area contributed by atoms with Gasteiger partial charge >= 0.3 is 0 Å². The lowest BCUT2D eigenvalue weighted by molar-refractivity contribution is 0.208. The molecule has 1 aliphatic rings. The van der Waals surface area contributed by atoms with Crippen molar-refractivity contribution in [3.8, 4) is 5.75 Å². The second-order valence-corrected chi connectivity index (χ2v) is 4.25. The molecule has 94 valence electrons. The van der Waals surface area contributed by atoms with Crippen LogP contribution in [-0.2, 0) is 0 Å². The first kappa shape index (κ1) is 11.9. The minimum atomic E-state index is 0.208. The molecule has 0 amide bonds. The third-order valence-electron chi connectivity index (χ3n) is 3.09. The zero-order chi connectivity index (χ0) is 12.3. The smallest absolute Gasteiger partial charge is 0.204 e. The van der Waals surface area contributed by atoms with Crippen LogP contribution < -0.4 is 15.4 Å². The fourth-order valence-electron chi connectivity index (χ4n) is 2.21. The number of anilines is 2. The first-order valence-electron chi connectivity index (χ1n) is 5.76. The van der Waals surface area contributed by atoms with Crippen molar-refractivity contribution in [1.82, 2.24) is 9.97 Å². The van der Waals surface area contributed by atoms with E-state index in [0.717, 1.165) is 31.7 Å². The van der Waals surface area contributed by atoms with Crippen LogP contribution in [0.4, 0.5) is 11.6 Å². The average Bonchev–Trinajstić information content (AvgIpc) is 2.38. The third kappa shape index (κ3) is 2.41. The summed E-state index contributed by atoms with van der Waals surface area (Å²) < 4.78 is 5.24. The number of hydrogen-bond acceptors (Lipinski definition) is 6. The molecule has 1 saturated heterocycles. The molecule has 3 N–H and O–H groups in total. The molecule has 17 heavy (non-hydrogen) atoms. The van der Waals surface area contributed by atoms with E-state index in [0.29, 0.717) is 17.5 Å². The van der Waals surface area contributed by atoms with Crippen LogP contribution in [0.5, 0.6) is 5.75 Å². The third-order valence-corrected chi connectivity index (χ3v) is 3.09. The van der Waals surface area contributed by atoms with Gasteiger partial charge in [-0.3, -0.25) is 0 Å². The SMILES string of the molecule is COc1c(N)ncnc1N1CCCC(CO)C1. The fraction of sp³-hybridized carbons (Fsp3) is 0.636. The van der Waals surface area contributed by atoms with E-state index in [1.54, 1.807) is 7.11 Å². The van der Waals surface area contributed by atoms with E-state index < -0.39 is 0 Å². The van der Waals surface area contributed by atoms with E-state index in [1.165, 1.54) is 6.33 Å². The number of rotatable bonds is 3. The minimum absolute atomic E-state index is 0.208. The molecule has 2 rings (SSSR count). The summed E-state index contributed by atoms with van der Waals surface area (Å²) in [6, 6.07) is 0. The largest absolute Gasteiger partial charge is 0.490 e. The van der Waals surface area contributed by atoms with Crippen molar-refractivity contribution < 1.29 is 9.84 Å². The second-order valence-electron chi connectivity index (χ2n) is 4.25. The number of nitrogens with two attached hydrogens (primary N) is 1. The summed E-state index contributed by atoms with van der Waals surface area (Å²) in [5, 5.41) is 9.22. The average molecular weight is 238 g/mol. The van der Waals surface area contributed by atoms with Gasteiger partial charge in [-0.05, 0) is 18.8 Å². The molecular formula is C11H18N4O2. The fourth-order valence-corrected chi connectivity index (χ4v) is 2.21. The van der Waals surface area contributed by atoms with Gasteiger partial charge < -0.3 is 20.5 Å². The molecule has 1 aromatic heterocycles. The Bertz CT molecular complexity index is 386. The Morgan fingerprint density at radius 3 is 3.12 bits per heavy atom. The number of nitrogen functional groups attached to an aromatic ring is 1. The molecule has 0 saturated carbocycles. The Balaban J connectivity index is 2.24. The summed E-state index contributed by atoms with van der Waals surface area (Å²) in [5.41, 5.74) is 5.75. The molecule has 6 heteroatoms. The number of piperidine rings is 1. The van der Waals surface area contributed by atoms with Crippen LogP contribution in [0.25, 0.3) is 0 Å². The van der Waals surface area contributed by atoms with E-state index in [9.17, 15) is 5.11 Å². The topological polar surface area (TPSA) is 84.5 Å². The number of nitrogens with zero attached hydrogens (tertiary/aromatic N) is 3. The van der Waals surface area contributed by atoms with Gasteiger partial charge in [0.2, 0.25) is 5.75 Å². The van der Waals surface area contributed by atoms with E-state index in [-0.39, 0.29) is 6.61 Å². The minimum Gasteiger partial charge on any atom is -0.490 e. The monoisotopic (exact) mass is 238 g/mol. The zero-order valence-corrected chi connectivity index (χ0v) is 9.96. The molecule has 0 aliphatic carbocycles. The van der Waals surface area contributed by atoms with Crippen LogP contribution in [-0.4, -0.2) is 41.9 Å². The lowest BCUT2D eigenvalue weighted by atomic mass is 9.99. The lowest BCUT2D eigenvalue weighted by Gasteiger charge is -2.33. The molecule has 1 aromatic rings. The molecular weight excluding hydrogens is 220 g/mol. The number of aliphatic hydroxyl groups excluding tert-OH is 1. The van der Waals surface area contributed by atoms with Crippen molar-refractivity contribution in [2.24, 2.45) is 5.92 Å². The van der Waals surface area contributed by atoms with Gasteiger partial charge in [0.15, 0.2) is 11.6 Å². The quantitative estimate of drug-likeness (QED) is 0.786. The van der Waals surface area contributed by atoms with Crippen molar-refractivity contribution in [2.45, 2.75) is 12.8 Å². The van der Waals surface area contributed by atoms with Crippen molar-refractivity contribution in [3.05, 3.63) is 6.33 Å². The van der Waals surface area contributed by atoms with Gasteiger partial charge in [-0.2, -0.15) is 0 Å². The maximum Gasteiger partial charge on any atom is 0.204 e. The Labute approximate surface area is 100 Å². The predicted molar refractivity (Wildman–Crippen MR) is 65.0 cm³/mol. The molecule has 0 spiro atoms. The first-order chi connectivity index (χ1) is 8.26. The number of methoxy groups -OCH3 is 1. The Morgan fingerprint density at radius 1 is 1.59 bits per heavy atom. The highest BCUT2D eigenvalue weighted by atomic mass is 16.5. The van der Waals surface area contributed by atoms with Crippen LogP contribution in [0.15, 0.2) is 6.33 Å². The number of aliphatic hydroxyl groups is 1. The van der Waals surface area contributed by atoms with Crippen molar-refractivity contribution >= 4 is 11.6 Å². The molecule has 0 radical (unpaired) electrons. The summed E-state index contributed by atoms with van der Waals surface area (Å²) in [6.45, 7) is 1.89. The molecule has 0 aromatic carbocycles. The van der Waals surface area contributed by atoms with Crippen molar-refractivity contribution in [1.29, 1.82) is 0 Å². The summed E-state index contributed by atoms with van der Waals surface area (Å²) >= 11 is 0. The first-order valence-corrected chi connectivity index (χ1v) is 5.76. The number of aromatic nitrogens is 2. The maximum absolute atomic E-state index is 9.22. The molecule has 2 heterocycles.